The highest BCUT2D eigenvalue weighted by Gasteiger charge is 2.45. The molecule has 2 aliphatic carbocycles. The minimum absolute atomic E-state index is 0.200. The topological polar surface area (TPSA) is 36.4 Å². The highest BCUT2D eigenvalue weighted by atomic mass is 19.4. The fraction of sp³-hybridized carbons (Fsp3) is 0.588. The third-order valence-electron chi connectivity index (χ3n) is 4.91. The maximum Gasteiger partial charge on any atom is 0.416 e. The number of hydrogen-bond donors (Lipinski definition) is 2. The van der Waals surface area contributed by atoms with Crippen molar-refractivity contribution < 1.29 is 13.2 Å². The Morgan fingerprint density at radius 2 is 2.04 bits per heavy atom. The predicted octanol–water partition coefficient (Wildman–Crippen LogP) is 3.31. The van der Waals surface area contributed by atoms with Crippen LogP contribution < -0.4 is 10.6 Å². The lowest BCUT2D eigenvalue weighted by Gasteiger charge is -2.20. The van der Waals surface area contributed by atoms with E-state index in [1.54, 1.807) is 13.1 Å². The summed E-state index contributed by atoms with van der Waals surface area (Å²) in [5.41, 5.74) is -0.0146. The minimum atomic E-state index is -4.29. The number of hydrogen-bond acceptors (Lipinski definition) is 1. The van der Waals surface area contributed by atoms with Gasteiger partial charge in [0.2, 0.25) is 0 Å². The molecule has 23 heavy (non-hydrogen) atoms. The smallest absolute Gasteiger partial charge is 0.356 e. The van der Waals surface area contributed by atoms with Crippen molar-refractivity contribution in [3.05, 3.63) is 35.4 Å². The van der Waals surface area contributed by atoms with Gasteiger partial charge in [0, 0.05) is 25.0 Å². The standard InChI is InChI=1S/C17H22F3N3/c1-11-8-14(11)23-15(21-2)22-10-16(6-7-16)12-4-3-5-13(9-12)17(18,19)20/h3-5,9,11,14H,6-8,10H2,1-2H3,(H2,21,22,23). The maximum atomic E-state index is 12.9. The number of guanidine groups is 1. The fourth-order valence-corrected chi connectivity index (χ4v) is 2.89. The summed E-state index contributed by atoms with van der Waals surface area (Å²) in [5.74, 6) is 1.39. The van der Waals surface area contributed by atoms with E-state index in [0.717, 1.165) is 36.9 Å². The summed E-state index contributed by atoms with van der Waals surface area (Å²) in [5, 5.41) is 6.62. The molecule has 0 amide bonds. The third kappa shape index (κ3) is 3.62. The molecule has 3 nitrogen and oxygen atoms in total. The molecule has 0 heterocycles. The van der Waals surface area contributed by atoms with Crippen molar-refractivity contribution >= 4 is 5.96 Å². The van der Waals surface area contributed by atoms with Gasteiger partial charge in [0.15, 0.2) is 5.96 Å². The first kappa shape index (κ1) is 16.1. The average Bonchev–Trinajstić information content (AvgIpc) is 3.42. The predicted molar refractivity (Wildman–Crippen MR) is 84.4 cm³/mol. The number of rotatable bonds is 4. The summed E-state index contributed by atoms with van der Waals surface area (Å²) in [6.45, 7) is 2.78. The molecule has 0 bridgehead atoms. The van der Waals surface area contributed by atoms with E-state index in [0.29, 0.717) is 18.5 Å². The van der Waals surface area contributed by atoms with E-state index in [4.69, 9.17) is 0 Å². The van der Waals surface area contributed by atoms with Crippen molar-refractivity contribution in [1.29, 1.82) is 0 Å². The van der Waals surface area contributed by atoms with E-state index in [1.807, 2.05) is 0 Å². The molecule has 2 fully saturated rings. The van der Waals surface area contributed by atoms with Crippen LogP contribution >= 0.6 is 0 Å². The molecule has 2 aliphatic rings. The number of halogens is 3. The Morgan fingerprint density at radius 3 is 2.57 bits per heavy atom. The van der Waals surface area contributed by atoms with Crippen LogP contribution in [0.15, 0.2) is 29.3 Å². The van der Waals surface area contributed by atoms with E-state index < -0.39 is 11.7 Å². The van der Waals surface area contributed by atoms with Crippen LogP contribution in [0.25, 0.3) is 0 Å². The lowest BCUT2D eigenvalue weighted by Crippen LogP contribution is -2.42. The normalized spacial score (nSPS) is 25.9. The largest absolute Gasteiger partial charge is 0.416 e. The van der Waals surface area contributed by atoms with Crippen molar-refractivity contribution in [1.82, 2.24) is 10.6 Å². The van der Waals surface area contributed by atoms with Crippen molar-refractivity contribution in [2.45, 2.75) is 43.8 Å². The average molecular weight is 325 g/mol. The second-order valence-corrected chi connectivity index (χ2v) is 6.75. The van der Waals surface area contributed by atoms with Crippen molar-refractivity contribution in [2.24, 2.45) is 10.9 Å². The molecule has 0 radical (unpaired) electrons. The van der Waals surface area contributed by atoms with Gasteiger partial charge in [0.1, 0.15) is 0 Å². The Labute approximate surface area is 134 Å². The maximum absolute atomic E-state index is 12.9. The molecule has 6 heteroatoms. The van der Waals surface area contributed by atoms with Gasteiger partial charge in [-0.05, 0) is 36.8 Å². The van der Waals surface area contributed by atoms with E-state index in [9.17, 15) is 13.2 Å². The van der Waals surface area contributed by atoms with Gasteiger partial charge in [0.25, 0.3) is 0 Å². The number of nitrogens with zero attached hydrogens (tertiary/aromatic N) is 1. The second kappa shape index (κ2) is 5.73. The van der Waals surface area contributed by atoms with Crippen LogP contribution in [0.5, 0.6) is 0 Å². The van der Waals surface area contributed by atoms with E-state index in [2.05, 4.69) is 22.5 Å². The van der Waals surface area contributed by atoms with Crippen LogP contribution in [-0.2, 0) is 11.6 Å². The SMILES string of the molecule is CN=C(NCC1(c2cccc(C(F)(F)F)c2)CC1)NC1CC1C. The molecule has 2 N–H and O–H groups in total. The summed E-state index contributed by atoms with van der Waals surface area (Å²) in [4.78, 5) is 4.20. The van der Waals surface area contributed by atoms with Crippen molar-refractivity contribution in [3.63, 3.8) is 0 Å². The molecule has 126 valence electrons. The summed E-state index contributed by atoms with van der Waals surface area (Å²) in [6, 6.07) is 6.17. The van der Waals surface area contributed by atoms with Gasteiger partial charge in [-0.2, -0.15) is 13.2 Å². The zero-order valence-corrected chi connectivity index (χ0v) is 13.4. The van der Waals surface area contributed by atoms with Crippen LogP contribution in [0.3, 0.4) is 0 Å². The summed E-state index contributed by atoms with van der Waals surface area (Å²) in [6.07, 6.45) is -1.35. The molecule has 2 atom stereocenters. The lowest BCUT2D eigenvalue weighted by molar-refractivity contribution is -0.137. The van der Waals surface area contributed by atoms with Crippen LogP contribution in [0.2, 0.25) is 0 Å². The highest BCUT2D eigenvalue weighted by molar-refractivity contribution is 5.80. The summed E-state index contributed by atoms with van der Waals surface area (Å²) >= 11 is 0. The number of alkyl halides is 3. The second-order valence-electron chi connectivity index (χ2n) is 6.75. The Kier molecular flexibility index (Phi) is 4.02. The summed E-state index contributed by atoms with van der Waals surface area (Å²) < 4.78 is 38.7. The van der Waals surface area contributed by atoms with Gasteiger partial charge in [-0.15, -0.1) is 0 Å². The molecule has 1 aromatic carbocycles. The Hall–Kier alpha value is -1.72. The Balaban J connectivity index is 1.65. The molecule has 3 rings (SSSR count). The lowest BCUT2D eigenvalue weighted by atomic mass is 9.94. The van der Waals surface area contributed by atoms with Crippen molar-refractivity contribution in [3.8, 4) is 0 Å². The quantitative estimate of drug-likeness (QED) is 0.658. The first-order valence-electron chi connectivity index (χ1n) is 7.99. The van der Waals surface area contributed by atoms with Crippen LogP contribution in [0, 0.1) is 5.92 Å². The molecule has 0 saturated heterocycles. The Morgan fingerprint density at radius 1 is 1.35 bits per heavy atom. The van der Waals surface area contributed by atoms with Crippen LogP contribution in [-0.4, -0.2) is 25.6 Å². The van der Waals surface area contributed by atoms with E-state index in [-0.39, 0.29) is 5.41 Å². The highest BCUT2D eigenvalue weighted by Crippen LogP contribution is 2.48. The number of nitrogens with one attached hydrogen (secondary N) is 2. The Bertz CT molecular complexity index is 605. The van der Waals surface area contributed by atoms with Crippen LogP contribution in [0.1, 0.15) is 37.3 Å². The zero-order valence-electron chi connectivity index (χ0n) is 13.4. The number of aliphatic imine (C=N–C) groups is 1. The van der Waals surface area contributed by atoms with Crippen molar-refractivity contribution in [2.75, 3.05) is 13.6 Å². The molecule has 0 spiro atoms. The molecule has 2 saturated carbocycles. The van der Waals surface area contributed by atoms with Gasteiger partial charge >= 0.3 is 6.18 Å². The third-order valence-corrected chi connectivity index (χ3v) is 4.91. The molecular weight excluding hydrogens is 303 g/mol. The van der Waals surface area contributed by atoms with E-state index >= 15 is 0 Å². The van der Waals surface area contributed by atoms with Gasteiger partial charge in [0.05, 0.1) is 5.56 Å². The molecule has 1 aromatic rings. The summed E-state index contributed by atoms with van der Waals surface area (Å²) in [7, 11) is 1.71. The first-order valence-corrected chi connectivity index (χ1v) is 7.99. The molecule has 0 aliphatic heterocycles. The van der Waals surface area contributed by atoms with Gasteiger partial charge in [-0.3, -0.25) is 4.99 Å². The van der Waals surface area contributed by atoms with Gasteiger partial charge in [-0.25, -0.2) is 0 Å². The molecule has 2 unspecified atom stereocenters. The van der Waals surface area contributed by atoms with Crippen LogP contribution in [0.4, 0.5) is 13.2 Å². The fourth-order valence-electron chi connectivity index (χ4n) is 2.89. The number of benzene rings is 1. The van der Waals surface area contributed by atoms with E-state index in [1.165, 1.54) is 12.1 Å². The molecule has 0 aromatic heterocycles. The molecular formula is C17H22F3N3. The first-order chi connectivity index (χ1) is 10.8. The minimum Gasteiger partial charge on any atom is -0.356 e. The zero-order chi connectivity index (χ0) is 16.7. The van der Waals surface area contributed by atoms with Gasteiger partial charge < -0.3 is 10.6 Å². The van der Waals surface area contributed by atoms with Gasteiger partial charge in [-0.1, -0.05) is 25.1 Å². The monoisotopic (exact) mass is 325 g/mol.